The SMILES string of the molecule is Cc1c(F)cccc1C(=O)N[C@@]1(C)CCC[C@H]1C(=O)O. The Bertz CT molecular complexity index is 558. The zero-order valence-corrected chi connectivity index (χ0v) is 11.6. The quantitative estimate of drug-likeness (QED) is 0.893. The Labute approximate surface area is 117 Å². The van der Waals surface area contributed by atoms with Crippen LogP contribution in [0.4, 0.5) is 4.39 Å². The Morgan fingerprint density at radius 1 is 1.45 bits per heavy atom. The highest BCUT2D eigenvalue weighted by Gasteiger charge is 2.44. The van der Waals surface area contributed by atoms with Gasteiger partial charge in [-0.25, -0.2) is 4.39 Å². The van der Waals surface area contributed by atoms with Crippen LogP contribution in [0.5, 0.6) is 0 Å². The van der Waals surface area contributed by atoms with E-state index in [0.29, 0.717) is 12.8 Å². The molecule has 0 heterocycles. The normalized spacial score (nSPS) is 25.4. The molecule has 0 spiro atoms. The van der Waals surface area contributed by atoms with Crippen molar-refractivity contribution < 1.29 is 19.1 Å². The number of carbonyl (C=O) groups excluding carboxylic acids is 1. The van der Waals surface area contributed by atoms with Gasteiger partial charge in [-0.2, -0.15) is 0 Å². The maximum absolute atomic E-state index is 13.5. The van der Waals surface area contributed by atoms with Crippen molar-refractivity contribution in [3.8, 4) is 0 Å². The fourth-order valence-electron chi connectivity index (χ4n) is 2.89. The topological polar surface area (TPSA) is 66.4 Å². The predicted octanol–water partition coefficient (Wildman–Crippen LogP) is 2.51. The summed E-state index contributed by atoms with van der Waals surface area (Å²) in [6.07, 6.45) is 1.92. The minimum atomic E-state index is -0.902. The van der Waals surface area contributed by atoms with E-state index in [9.17, 15) is 19.1 Å². The van der Waals surface area contributed by atoms with Crippen molar-refractivity contribution in [2.75, 3.05) is 0 Å². The van der Waals surface area contributed by atoms with Crippen molar-refractivity contribution in [3.63, 3.8) is 0 Å². The summed E-state index contributed by atoms with van der Waals surface area (Å²) < 4.78 is 13.5. The second kappa shape index (κ2) is 5.23. The van der Waals surface area contributed by atoms with Crippen LogP contribution in [-0.4, -0.2) is 22.5 Å². The maximum atomic E-state index is 13.5. The lowest BCUT2D eigenvalue weighted by atomic mass is 9.88. The van der Waals surface area contributed by atoms with Gasteiger partial charge in [-0.15, -0.1) is 0 Å². The van der Waals surface area contributed by atoms with Gasteiger partial charge in [-0.3, -0.25) is 9.59 Å². The molecule has 0 aliphatic heterocycles. The zero-order chi connectivity index (χ0) is 14.9. The molecule has 0 radical (unpaired) electrons. The van der Waals surface area contributed by atoms with Crippen molar-refractivity contribution >= 4 is 11.9 Å². The molecule has 0 bridgehead atoms. The summed E-state index contributed by atoms with van der Waals surface area (Å²) >= 11 is 0. The monoisotopic (exact) mass is 279 g/mol. The van der Waals surface area contributed by atoms with Crippen molar-refractivity contribution in [2.45, 2.75) is 38.6 Å². The average molecular weight is 279 g/mol. The number of rotatable bonds is 3. The summed E-state index contributed by atoms with van der Waals surface area (Å²) in [4.78, 5) is 23.5. The van der Waals surface area contributed by atoms with Crippen LogP contribution in [0, 0.1) is 18.7 Å². The molecule has 5 heteroatoms. The van der Waals surface area contributed by atoms with E-state index >= 15 is 0 Å². The molecule has 1 fully saturated rings. The number of hydrogen-bond donors (Lipinski definition) is 2. The first-order chi connectivity index (χ1) is 9.35. The average Bonchev–Trinajstić information content (AvgIpc) is 2.74. The summed E-state index contributed by atoms with van der Waals surface area (Å²) in [6.45, 7) is 3.28. The van der Waals surface area contributed by atoms with Gasteiger partial charge < -0.3 is 10.4 Å². The van der Waals surface area contributed by atoms with E-state index in [-0.39, 0.29) is 11.1 Å². The molecule has 1 aromatic rings. The number of hydrogen-bond acceptors (Lipinski definition) is 2. The van der Waals surface area contributed by atoms with Crippen LogP contribution < -0.4 is 5.32 Å². The molecule has 1 aromatic carbocycles. The van der Waals surface area contributed by atoms with Crippen molar-refractivity contribution in [2.24, 2.45) is 5.92 Å². The molecule has 0 saturated heterocycles. The Morgan fingerprint density at radius 2 is 2.15 bits per heavy atom. The lowest BCUT2D eigenvalue weighted by Crippen LogP contribution is -2.51. The molecule has 2 rings (SSSR count). The van der Waals surface area contributed by atoms with Gasteiger partial charge in [0, 0.05) is 5.56 Å². The van der Waals surface area contributed by atoms with Crippen molar-refractivity contribution in [1.29, 1.82) is 0 Å². The van der Waals surface area contributed by atoms with Gasteiger partial charge in [0.25, 0.3) is 5.91 Å². The number of nitrogens with one attached hydrogen (secondary N) is 1. The summed E-state index contributed by atoms with van der Waals surface area (Å²) in [5.41, 5.74) is -0.248. The van der Waals surface area contributed by atoms with Gasteiger partial charge in [0.15, 0.2) is 0 Å². The molecule has 108 valence electrons. The second-order valence-corrected chi connectivity index (χ2v) is 5.57. The molecule has 20 heavy (non-hydrogen) atoms. The van der Waals surface area contributed by atoms with E-state index in [1.807, 2.05) is 0 Å². The smallest absolute Gasteiger partial charge is 0.308 e. The maximum Gasteiger partial charge on any atom is 0.308 e. The van der Waals surface area contributed by atoms with Crippen LogP contribution in [-0.2, 0) is 4.79 Å². The van der Waals surface area contributed by atoms with E-state index in [4.69, 9.17) is 0 Å². The summed E-state index contributed by atoms with van der Waals surface area (Å²) in [7, 11) is 0. The van der Waals surface area contributed by atoms with E-state index in [0.717, 1.165) is 6.42 Å². The van der Waals surface area contributed by atoms with Gasteiger partial charge in [-0.1, -0.05) is 12.5 Å². The molecule has 1 aliphatic rings. The first kappa shape index (κ1) is 14.5. The van der Waals surface area contributed by atoms with E-state index < -0.39 is 29.2 Å². The van der Waals surface area contributed by atoms with Crippen LogP contribution in [0.1, 0.15) is 42.1 Å². The minimum Gasteiger partial charge on any atom is -0.481 e. The van der Waals surface area contributed by atoms with E-state index in [1.165, 1.54) is 19.1 Å². The summed E-state index contributed by atoms with van der Waals surface area (Å²) in [5, 5.41) is 12.0. The third kappa shape index (κ3) is 2.53. The van der Waals surface area contributed by atoms with E-state index in [2.05, 4.69) is 5.32 Å². The number of carbonyl (C=O) groups is 2. The predicted molar refractivity (Wildman–Crippen MR) is 72.0 cm³/mol. The number of aliphatic carboxylic acids is 1. The van der Waals surface area contributed by atoms with Gasteiger partial charge in [0.1, 0.15) is 5.82 Å². The first-order valence-electron chi connectivity index (χ1n) is 6.65. The molecular formula is C15H18FNO3. The Kier molecular flexibility index (Phi) is 3.79. The number of halogens is 1. The minimum absolute atomic E-state index is 0.252. The van der Waals surface area contributed by atoms with Gasteiger partial charge in [0.2, 0.25) is 0 Å². The number of carboxylic acids is 1. The lowest BCUT2D eigenvalue weighted by Gasteiger charge is -2.30. The zero-order valence-electron chi connectivity index (χ0n) is 11.6. The van der Waals surface area contributed by atoms with Crippen molar-refractivity contribution in [1.82, 2.24) is 5.32 Å². The van der Waals surface area contributed by atoms with Crippen LogP contribution in [0.3, 0.4) is 0 Å². The van der Waals surface area contributed by atoms with Gasteiger partial charge in [0.05, 0.1) is 11.5 Å². The van der Waals surface area contributed by atoms with Crippen LogP contribution in [0.25, 0.3) is 0 Å². The molecule has 1 saturated carbocycles. The van der Waals surface area contributed by atoms with Crippen molar-refractivity contribution in [3.05, 3.63) is 35.1 Å². The fraction of sp³-hybridized carbons (Fsp3) is 0.467. The first-order valence-corrected chi connectivity index (χ1v) is 6.65. The Morgan fingerprint density at radius 3 is 2.80 bits per heavy atom. The van der Waals surface area contributed by atoms with Crippen LogP contribution >= 0.6 is 0 Å². The molecular weight excluding hydrogens is 261 g/mol. The molecule has 2 N–H and O–H groups in total. The van der Waals surface area contributed by atoms with Crippen LogP contribution in [0.15, 0.2) is 18.2 Å². The lowest BCUT2D eigenvalue weighted by molar-refractivity contribution is -0.143. The summed E-state index contributed by atoms with van der Waals surface area (Å²) in [5.74, 6) is -2.36. The number of benzene rings is 1. The number of amides is 1. The highest BCUT2D eigenvalue weighted by molar-refractivity contribution is 5.96. The fourth-order valence-corrected chi connectivity index (χ4v) is 2.89. The molecule has 4 nitrogen and oxygen atoms in total. The Hall–Kier alpha value is -1.91. The molecule has 1 aliphatic carbocycles. The standard InChI is InChI=1S/C15H18FNO3/c1-9-10(5-3-7-12(9)16)13(18)17-15(2)8-4-6-11(15)14(19)20/h3,5,7,11H,4,6,8H2,1-2H3,(H,17,18)(H,19,20)/t11-,15-/m0/s1. The third-order valence-electron chi connectivity index (χ3n) is 4.17. The van der Waals surface area contributed by atoms with Crippen LogP contribution in [0.2, 0.25) is 0 Å². The summed E-state index contributed by atoms with van der Waals surface area (Å²) in [6, 6.07) is 4.31. The number of carboxylic acid groups (broad SMARTS) is 1. The molecule has 2 atom stereocenters. The van der Waals surface area contributed by atoms with E-state index in [1.54, 1.807) is 13.0 Å². The van der Waals surface area contributed by atoms with Gasteiger partial charge in [-0.05, 0) is 44.4 Å². The third-order valence-corrected chi connectivity index (χ3v) is 4.17. The molecule has 1 amide bonds. The highest BCUT2D eigenvalue weighted by atomic mass is 19.1. The molecule has 0 unspecified atom stereocenters. The highest BCUT2D eigenvalue weighted by Crippen LogP contribution is 2.36. The van der Waals surface area contributed by atoms with Gasteiger partial charge >= 0.3 is 5.97 Å². The molecule has 0 aromatic heterocycles. The Balaban J connectivity index is 2.23. The second-order valence-electron chi connectivity index (χ2n) is 5.57. The largest absolute Gasteiger partial charge is 0.481 e.